The first-order chi connectivity index (χ1) is 7.86. The van der Waals surface area contributed by atoms with Crippen LogP contribution in [0.2, 0.25) is 0 Å². The second kappa shape index (κ2) is 5.48. The largest absolute Gasteiger partial charge is 0.496 e. The number of benzene rings is 1. The highest BCUT2D eigenvalue weighted by Crippen LogP contribution is 2.20. The van der Waals surface area contributed by atoms with E-state index in [9.17, 15) is 8.42 Å². The van der Waals surface area contributed by atoms with Crippen molar-refractivity contribution in [2.24, 2.45) is 5.14 Å². The lowest BCUT2D eigenvalue weighted by molar-refractivity contribution is 0.374. The predicted octanol–water partition coefficient (Wildman–Crippen LogP) is 0.762. The Labute approximate surface area is 102 Å². The molecule has 17 heavy (non-hydrogen) atoms. The number of para-hydroxylation sites is 1. The van der Waals surface area contributed by atoms with E-state index in [-0.39, 0.29) is 6.04 Å². The third-order valence-electron chi connectivity index (χ3n) is 2.73. The van der Waals surface area contributed by atoms with E-state index in [4.69, 9.17) is 9.88 Å². The van der Waals surface area contributed by atoms with E-state index in [1.807, 2.05) is 24.3 Å². The highest BCUT2D eigenvalue weighted by molar-refractivity contribution is 7.86. The van der Waals surface area contributed by atoms with Crippen LogP contribution in [0.25, 0.3) is 0 Å². The quantitative estimate of drug-likeness (QED) is 0.847. The Morgan fingerprint density at radius 2 is 2.00 bits per heavy atom. The summed E-state index contributed by atoms with van der Waals surface area (Å²) in [6.07, 6.45) is 0.553. The maximum Gasteiger partial charge on any atom is 0.276 e. The number of nitrogens with two attached hydrogens (primary N) is 1. The van der Waals surface area contributed by atoms with Gasteiger partial charge in [0.2, 0.25) is 0 Å². The van der Waals surface area contributed by atoms with E-state index < -0.39 is 10.2 Å². The van der Waals surface area contributed by atoms with Crippen molar-refractivity contribution in [2.45, 2.75) is 19.4 Å². The van der Waals surface area contributed by atoms with E-state index in [1.165, 1.54) is 7.05 Å². The molecule has 1 atom stereocenters. The number of nitrogens with zero attached hydrogens (tertiary/aromatic N) is 1. The van der Waals surface area contributed by atoms with Crippen molar-refractivity contribution in [1.82, 2.24) is 4.31 Å². The van der Waals surface area contributed by atoms with Gasteiger partial charge in [0.25, 0.3) is 10.2 Å². The van der Waals surface area contributed by atoms with Gasteiger partial charge in [-0.1, -0.05) is 18.2 Å². The Balaban J connectivity index is 2.84. The minimum absolute atomic E-state index is 0.221. The minimum atomic E-state index is -3.65. The molecule has 6 heteroatoms. The third-order valence-corrected chi connectivity index (χ3v) is 3.89. The topological polar surface area (TPSA) is 72.6 Å². The number of likely N-dealkylation sites (N-methyl/N-ethyl adjacent to an activating group) is 1. The van der Waals surface area contributed by atoms with Crippen molar-refractivity contribution in [3.8, 4) is 5.75 Å². The van der Waals surface area contributed by atoms with Crippen LogP contribution in [0.5, 0.6) is 5.75 Å². The summed E-state index contributed by atoms with van der Waals surface area (Å²) in [6.45, 7) is 1.80. The second-order valence-electron chi connectivity index (χ2n) is 3.93. The van der Waals surface area contributed by atoms with Crippen LogP contribution in [-0.2, 0) is 16.6 Å². The SMILES string of the molecule is COc1ccccc1CC(C)N(C)S(N)(=O)=O. The molecule has 0 radical (unpaired) electrons. The Bertz CT molecular complexity index is 473. The molecule has 0 aliphatic rings. The molecule has 1 unspecified atom stereocenters. The van der Waals surface area contributed by atoms with E-state index in [0.717, 1.165) is 15.6 Å². The standard InChI is InChI=1S/C11H18N2O3S/c1-9(13(2)17(12,14)15)8-10-6-4-5-7-11(10)16-3/h4-7,9H,8H2,1-3H3,(H2,12,14,15). The molecule has 0 saturated heterocycles. The molecule has 0 amide bonds. The molecular weight excluding hydrogens is 240 g/mol. The van der Waals surface area contributed by atoms with Gasteiger partial charge in [-0.25, -0.2) is 5.14 Å². The summed E-state index contributed by atoms with van der Waals surface area (Å²) in [6, 6.07) is 7.30. The molecule has 1 rings (SSSR count). The summed E-state index contributed by atoms with van der Waals surface area (Å²) in [5, 5.41) is 5.07. The molecule has 0 spiro atoms. The Hall–Kier alpha value is -1.11. The van der Waals surface area contributed by atoms with E-state index in [2.05, 4.69) is 0 Å². The monoisotopic (exact) mass is 258 g/mol. The highest BCUT2D eigenvalue weighted by atomic mass is 32.2. The Morgan fingerprint density at radius 1 is 1.41 bits per heavy atom. The molecule has 0 aliphatic carbocycles. The van der Waals surface area contributed by atoms with Crippen LogP contribution in [0.15, 0.2) is 24.3 Å². The molecule has 0 heterocycles. The predicted molar refractivity (Wildman–Crippen MR) is 67.0 cm³/mol. The molecule has 0 fully saturated rings. The van der Waals surface area contributed by atoms with E-state index >= 15 is 0 Å². The van der Waals surface area contributed by atoms with Crippen LogP contribution in [-0.4, -0.2) is 32.9 Å². The van der Waals surface area contributed by atoms with Crippen LogP contribution in [0, 0.1) is 0 Å². The van der Waals surface area contributed by atoms with Gasteiger partial charge in [-0.3, -0.25) is 0 Å². The molecule has 0 aliphatic heterocycles. The van der Waals surface area contributed by atoms with Crippen molar-refractivity contribution < 1.29 is 13.2 Å². The van der Waals surface area contributed by atoms with Crippen LogP contribution < -0.4 is 9.88 Å². The Morgan fingerprint density at radius 3 is 2.53 bits per heavy atom. The average Bonchev–Trinajstić information content (AvgIpc) is 2.27. The number of rotatable bonds is 5. The number of hydrogen-bond acceptors (Lipinski definition) is 3. The summed E-state index contributed by atoms with van der Waals surface area (Å²) >= 11 is 0. The van der Waals surface area contributed by atoms with Gasteiger partial charge in [-0.2, -0.15) is 12.7 Å². The number of methoxy groups -OCH3 is 1. The van der Waals surface area contributed by atoms with E-state index in [1.54, 1.807) is 14.0 Å². The number of hydrogen-bond donors (Lipinski definition) is 1. The molecule has 0 saturated carbocycles. The van der Waals surface area contributed by atoms with Gasteiger partial charge in [0, 0.05) is 13.1 Å². The Kier molecular flexibility index (Phi) is 4.50. The molecule has 96 valence electrons. The lowest BCUT2D eigenvalue weighted by Crippen LogP contribution is -2.40. The second-order valence-corrected chi connectivity index (χ2v) is 5.53. The molecule has 2 N–H and O–H groups in total. The van der Waals surface area contributed by atoms with Crippen LogP contribution in [0.4, 0.5) is 0 Å². The third kappa shape index (κ3) is 3.69. The fourth-order valence-corrected chi connectivity index (χ4v) is 2.15. The highest BCUT2D eigenvalue weighted by Gasteiger charge is 2.20. The van der Waals surface area contributed by atoms with Gasteiger partial charge in [-0.15, -0.1) is 0 Å². The fraction of sp³-hybridized carbons (Fsp3) is 0.455. The molecule has 1 aromatic rings. The van der Waals surface area contributed by atoms with Crippen LogP contribution in [0.1, 0.15) is 12.5 Å². The molecule has 1 aromatic carbocycles. The first-order valence-corrected chi connectivity index (χ1v) is 6.74. The van der Waals surface area contributed by atoms with Gasteiger partial charge < -0.3 is 4.74 Å². The van der Waals surface area contributed by atoms with Crippen molar-refractivity contribution in [3.05, 3.63) is 29.8 Å². The summed E-state index contributed by atoms with van der Waals surface area (Å²) in [7, 11) is -0.591. The molecule has 5 nitrogen and oxygen atoms in total. The van der Waals surface area contributed by atoms with Crippen molar-refractivity contribution >= 4 is 10.2 Å². The normalized spacial score (nSPS) is 13.7. The van der Waals surface area contributed by atoms with E-state index in [0.29, 0.717) is 6.42 Å². The molecule has 0 bridgehead atoms. The van der Waals surface area contributed by atoms with Crippen LogP contribution >= 0.6 is 0 Å². The fourth-order valence-electron chi connectivity index (χ4n) is 1.57. The summed E-state index contributed by atoms with van der Waals surface area (Å²) in [5.41, 5.74) is 0.956. The molecular formula is C11H18N2O3S. The smallest absolute Gasteiger partial charge is 0.276 e. The number of ether oxygens (including phenoxy) is 1. The van der Waals surface area contributed by atoms with Gasteiger partial charge >= 0.3 is 0 Å². The summed E-state index contributed by atoms with van der Waals surface area (Å²) in [5.74, 6) is 0.752. The van der Waals surface area contributed by atoms with Gasteiger partial charge in [0.15, 0.2) is 0 Å². The van der Waals surface area contributed by atoms with Gasteiger partial charge in [0.1, 0.15) is 5.75 Å². The van der Waals surface area contributed by atoms with Gasteiger partial charge in [-0.05, 0) is 25.0 Å². The molecule has 0 aromatic heterocycles. The lowest BCUT2D eigenvalue weighted by Gasteiger charge is -2.22. The van der Waals surface area contributed by atoms with Crippen molar-refractivity contribution in [3.63, 3.8) is 0 Å². The minimum Gasteiger partial charge on any atom is -0.496 e. The van der Waals surface area contributed by atoms with Crippen LogP contribution in [0.3, 0.4) is 0 Å². The summed E-state index contributed by atoms with van der Waals surface area (Å²) in [4.78, 5) is 0. The first-order valence-electron chi connectivity index (χ1n) is 5.24. The zero-order valence-corrected chi connectivity index (χ0v) is 11.1. The van der Waals surface area contributed by atoms with Gasteiger partial charge in [0.05, 0.1) is 7.11 Å². The zero-order chi connectivity index (χ0) is 13.1. The summed E-state index contributed by atoms with van der Waals surface area (Å²) < 4.78 is 28.7. The maximum absolute atomic E-state index is 11.2. The van der Waals surface area contributed by atoms with Crippen molar-refractivity contribution in [2.75, 3.05) is 14.2 Å². The first kappa shape index (κ1) is 14.0. The lowest BCUT2D eigenvalue weighted by atomic mass is 10.1. The zero-order valence-electron chi connectivity index (χ0n) is 10.3. The maximum atomic E-state index is 11.2. The average molecular weight is 258 g/mol. The van der Waals surface area contributed by atoms with Crippen molar-refractivity contribution in [1.29, 1.82) is 0 Å².